The number of hydrogen-bond donors (Lipinski definition) is 1. The van der Waals surface area contributed by atoms with E-state index < -0.39 is 0 Å². The molecule has 0 spiro atoms. The van der Waals surface area contributed by atoms with E-state index in [0.29, 0.717) is 12.3 Å². The zero-order valence-corrected chi connectivity index (χ0v) is 10.1. The normalized spacial score (nSPS) is 22.1. The van der Waals surface area contributed by atoms with Gasteiger partial charge >= 0.3 is 0 Å². The average molecular weight is 236 g/mol. The van der Waals surface area contributed by atoms with Crippen molar-refractivity contribution in [3.63, 3.8) is 0 Å². The van der Waals surface area contributed by atoms with Crippen LogP contribution in [0.5, 0.6) is 0 Å². The Morgan fingerprint density at radius 1 is 1.25 bits per heavy atom. The van der Waals surface area contributed by atoms with Gasteiger partial charge in [0, 0.05) is 17.2 Å². The summed E-state index contributed by atoms with van der Waals surface area (Å²) in [5.41, 5.74) is 0.796. The van der Waals surface area contributed by atoms with Gasteiger partial charge in [-0.25, -0.2) is 4.98 Å². The number of fused-ring (bicyclic) bond motifs is 1. The molecule has 2 aliphatic rings. The van der Waals surface area contributed by atoms with Crippen molar-refractivity contribution in [2.75, 3.05) is 13.1 Å². The fourth-order valence-corrected chi connectivity index (χ4v) is 3.82. The molecule has 86 valence electrons. The topological polar surface area (TPSA) is 42.0 Å². The molecular weight excluding hydrogens is 220 g/mol. The third-order valence-corrected chi connectivity index (χ3v) is 4.75. The van der Waals surface area contributed by atoms with Crippen LogP contribution in [0.25, 0.3) is 0 Å². The molecule has 1 fully saturated rings. The Bertz CT molecular complexity index is 407. The molecule has 0 atom stereocenters. The zero-order chi connectivity index (χ0) is 11.0. The molecule has 3 rings (SSSR count). The predicted octanol–water partition coefficient (Wildman–Crippen LogP) is 2.13. The van der Waals surface area contributed by atoms with E-state index in [1.807, 2.05) is 0 Å². The lowest BCUT2D eigenvalue weighted by Crippen LogP contribution is -2.26. The van der Waals surface area contributed by atoms with Gasteiger partial charge in [-0.3, -0.25) is 4.79 Å². The Kier molecular flexibility index (Phi) is 2.77. The second-order valence-corrected chi connectivity index (χ2v) is 5.74. The molecular formula is C12H16N2OS. The van der Waals surface area contributed by atoms with Gasteiger partial charge in [-0.15, -0.1) is 11.3 Å². The third kappa shape index (κ3) is 1.80. The Hall–Kier alpha value is -0.740. The number of nitrogens with zero attached hydrogens (tertiary/aromatic N) is 1. The summed E-state index contributed by atoms with van der Waals surface area (Å²) in [6.07, 6.45) is 5.10. The summed E-state index contributed by atoms with van der Waals surface area (Å²) in [7, 11) is 0. The van der Waals surface area contributed by atoms with Gasteiger partial charge in [0.1, 0.15) is 5.69 Å². The minimum absolute atomic E-state index is 0.262. The summed E-state index contributed by atoms with van der Waals surface area (Å²) in [5, 5.41) is 4.57. The number of carbonyl (C=O) groups excluding carboxylic acids is 1. The first-order chi connectivity index (χ1) is 7.84. The maximum Gasteiger partial charge on any atom is 0.182 e. The molecule has 1 aromatic heterocycles. The Balaban J connectivity index is 1.88. The van der Waals surface area contributed by atoms with Gasteiger partial charge in [-0.1, -0.05) is 0 Å². The highest BCUT2D eigenvalue weighted by Crippen LogP contribution is 2.34. The van der Waals surface area contributed by atoms with Crippen molar-refractivity contribution in [2.24, 2.45) is 0 Å². The van der Waals surface area contributed by atoms with Crippen molar-refractivity contribution < 1.29 is 4.79 Å². The number of carbonyl (C=O) groups is 1. The second-order valence-electron chi connectivity index (χ2n) is 4.62. The van der Waals surface area contributed by atoms with E-state index in [1.54, 1.807) is 11.3 Å². The largest absolute Gasteiger partial charge is 0.317 e. The number of rotatable bonds is 1. The van der Waals surface area contributed by atoms with Crippen LogP contribution in [0.4, 0.5) is 0 Å². The molecule has 0 bridgehead atoms. The highest BCUT2D eigenvalue weighted by atomic mass is 32.1. The fraction of sp³-hybridized carbons (Fsp3) is 0.667. The molecule has 1 aliphatic carbocycles. The summed E-state index contributed by atoms with van der Waals surface area (Å²) in [6.45, 7) is 2.17. The van der Waals surface area contributed by atoms with Crippen LogP contribution in [-0.4, -0.2) is 23.9 Å². The van der Waals surface area contributed by atoms with E-state index in [1.165, 1.54) is 22.7 Å². The molecule has 0 unspecified atom stereocenters. The van der Waals surface area contributed by atoms with Crippen LogP contribution in [-0.2, 0) is 6.42 Å². The molecule has 0 radical (unpaired) electrons. The minimum atomic E-state index is 0.262. The van der Waals surface area contributed by atoms with E-state index in [4.69, 9.17) is 0 Å². The summed E-state index contributed by atoms with van der Waals surface area (Å²) in [6, 6.07) is 0. The summed E-state index contributed by atoms with van der Waals surface area (Å²) in [4.78, 5) is 17.6. The number of aryl methyl sites for hydroxylation is 1. The van der Waals surface area contributed by atoms with Gasteiger partial charge < -0.3 is 5.32 Å². The predicted molar refractivity (Wildman–Crippen MR) is 64.2 cm³/mol. The molecule has 1 N–H and O–H groups in total. The molecule has 0 amide bonds. The van der Waals surface area contributed by atoms with Crippen LogP contribution in [0.2, 0.25) is 0 Å². The highest BCUT2D eigenvalue weighted by Gasteiger charge is 2.26. The Morgan fingerprint density at radius 2 is 2.06 bits per heavy atom. The minimum Gasteiger partial charge on any atom is -0.317 e. The average Bonchev–Trinajstić information content (AvgIpc) is 2.76. The van der Waals surface area contributed by atoms with E-state index in [-0.39, 0.29) is 5.78 Å². The Labute approximate surface area is 99.3 Å². The fourth-order valence-electron chi connectivity index (χ4n) is 2.53. The van der Waals surface area contributed by atoms with Gasteiger partial charge in [-0.05, 0) is 38.8 Å². The molecule has 3 nitrogen and oxygen atoms in total. The lowest BCUT2D eigenvalue weighted by molar-refractivity contribution is 0.0968. The quantitative estimate of drug-likeness (QED) is 0.812. The van der Waals surface area contributed by atoms with Gasteiger partial charge in [-0.2, -0.15) is 0 Å². The molecule has 0 aromatic carbocycles. The first kappa shape index (κ1) is 10.4. The number of ketones is 1. The zero-order valence-electron chi connectivity index (χ0n) is 9.29. The number of thiazole rings is 1. The maximum atomic E-state index is 11.7. The van der Waals surface area contributed by atoms with Crippen LogP contribution >= 0.6 is 11.3 Å². The standard InChI is InChI=1S/C12H16N2OS/c15-9-2-1-3-10-11(9)14-12(16-10)8-4-6-13-7-5-8/h8,13H,1-7H2. The third-order valence-electron chi connectivity index (χ3n) is 3.47. The van der Waals surface area contributed by atoms with E-state index >= 15 is 0 Å². The highest BCUT2D eigenvalue weighted by molar-refractivity contribution is 7.12. The van der Waals surface area contributed by atoms with E-state index in [0.717, 1.165) is 31.6 Å². The summed E-state index contributed by atoms with van der Waals surface area (Å²) in [5.74, 6) is 0.849. The number of aromatic nitrogens is 1. The second kappa shape index (κ2) is 4.26. The van der Waals surface area contributed by atoms with Crippen molar-refractivity contribution >= 4 is 17.1 Å². The van der Waals surface area contributed by atoms with Crippen LogP contribution in [0.15, 0.2) is 0 Å². The van der Waals surface area contributed by atoms with Crippen molar-refractivity contribution in [3.05, 3.63) is 15.6 Å². The summed E-state index contributed by atoms with van der Waals surface area (Å²) >= 11 is 1.79. The van der Waals surface area contributed by atoms with Gasteiger partial charge in [0.15, 0.2) is 5.78 Å². The maximum absolute atomic E-state index is 11.7. The lowest BCUT2D eigenvalue weighted by Gasteiger charge is -2.20. The van der Waals surface area contributed by atoms with Crippen molar-refractivity contribution in [3.8, 4) is 0 Å². The number of piperidine rings is 1. The molecule has 1 aromatic rings. The van der Waals surface area contributed by atoms with Crippen LogP contribution < -0.4 is 5.32 Å². The smallest absolute Gasteiger partial charge is 0.182 e. The number of Topliss-reactive ketones (excluding diaryl/α,β-unsaturated/α-hetero) is 1. The molecule has 1 saturated heterocycles. The first-order valence-corrected chi connectivity index (χ1v) is 6.90. The van der Waals surface area contributed by atoms with E-state index in [2.05, 4.69) is 10.3 Å². The lowest BCUT2D eigenvalue weighted by atomic mass is 9.98. The number of hydrogen-bond acceptors (Lipinski definition) is 4. The van der Waals surface area contributed by atoms with Gasteiger partial charge in [0.25, 0.3) is 0 Å². The molecule has 1 aliphatic heterocycles. The molecule has 16 heavy (non-hydrogen) atoms. The SMILES string of the molecule is O=C1CCCc2sc(C3CCNCC3)nc21. The van der Waals surface area contributed by atoms with Gasteiger partial charge in [0.2, 0.25) is 0 Å². The van der Waals surface area contributed by atoms with Crippen LogP contribution in [0.3, 0.4) is 0 Å². The molecule has 0 saturated carbocycles. The molecule has 2 heterocycles. The van der Waals surface area contributed by atoms with E-state index in [9.17, 15) is 4.79 Å². The monoisotopic (exact) mass is 236 g/mol. The van der Waals surface area contributed by atoms with Crippen molar-refractivity contribution in [1.82, 2.24) is 10.3 Å². The first-order valence-electron chi connectivity index (χ1n) is 6.08. The molecule has 4 heteroatoms. The van der Waals surface area contributed by atoms with Gasteiger partial charge in [0.05, 0.1) is 5.01 Å². The van der Waals surface area contributed by atoms with Crippen LogP contribution in [0, 0.1) is 0 Å². The Morgan fingerprint density at radius 3 is 2.81 bits per heavy atom. The van der Waals surface area contributed by atoms with Crippen LogP contribution in [0.1, 0.15) is 52.0 Å². The van der Waals surface area contributed by atoms with Crippen molar-refractivity contribution in [2.45, 2.75) is 38.0 Å². The van der Waals surface area contributed by atoms with Crippen molar-refractivity contribution in [1.29, 1.82) is 0 Å². The number of nitrogens with one attached hydrogen (secondary N) is 1. The summed E-state index contributed by atoms with van der Waals surface area (Å²) < 4.78 is 0.